The van der Waals surface area contributed by atoms with E-state index < -0.39 is 0 Å². The zero-order valence-electron chi connectivity index (χ0n) is 14.8. The minimum Gasteiger partial charge on any atom is -0.328 e. The van der Waals surface area contributed by atoms with Crippen LogP contribution in [-0.4, -0.2) is 15.8 Å². The van der Waals surface area contributed by atoms with E-state index in [4.69, 9.17) is 0 Å². The number of carbonyl (C=O) groups is 1. The molecule has 0 aliphatic carbocycles. The molecule has 0 fully saturated rings. The second-order valence-corrected chi connectivity index (χ2v) is 8.41. The highest BCUT2D eigenvalue weighted by molar-refractivity contribution is 7.12. The van der Waals surface area contributed by atoms with E-state index in [-0.39, 0.29) is 18.0 Å². The highest BCUT2D eigenvalue weighted by atomic mass is 32.1. The number of pyridine rings is 1. The number of benzene rings is 1. The minimum absolute atomic E-state index is 0.0539. The van der Waals surface area contributed by atoms with E-state index in [1.165, 1.54) is 11.3 Å². The number of aromatic amines is 1. The lowest BCUT2D eigenvalue weighted by Crippen LogP contribution is -2.31. The predicted molar refractivity (Wildman–Crippen MR) is 112 cm³/mol. The molecule has 1 aromatic carbocycles. The van der Waals surface area contributed by atoms with Crippen LogP contribution in [0, 0.1) is 6.92 Å². The molecule has 3 aromatic heterocycles. The number of fused-ring (bicyclic) bond motifs is 1. The summed E-state index contributed by atoms with van der Waals surface area (Å²) in [6.45, 7) is 2.75. The number of aromatic nitrogens is 1. The Morgan fingerprint density at radius 2 is 1.85 bits per heavy atom. The fourth-order valence-electron chi connectivity index (χ4n) is 3.03. The maximum absolute atomic E-state index is 13.0. The Kier molecular flexibility index (Phi) is 4.92. The molecule has 1 amide bonds. The fraction of sp³-hybridized carbons (Fsp3) is 0.143. The molecule has 0 aliphatic heterocycles. The normalized spacial score (nSPS) is 11.0. The lowest BCUT2D eigenvalue weighted by atomic mass is 10.1. The predicted octanol–water partition coefficient (Wildman–Crippen LogP) is 4.80. The Hall–Kier alpha value is -2.70. The highest BCUT2D eigenvalue weighted by Gasteiger charge is 2.19. The quantitative estimate of drug-likeness (QED) is 0.528. The van der Waals surface area contributed by atoms with E-state index in [9.17, 15) is 9.59 Å². The largest absolute Gasteiger partial charge is 0.328 e. The Bertz CT molecular complexity index is 1130. The molecule has 3 heterocycles. The van der Waals surface area contributed by atoms with Gasteiger partial charge < -0.3 is 9.88 Å². The summed E-state index contributed by atoms with van der Waals surface area (Å²) in [5, 5.41) is 4.85. The third-order valence-electron chi connectivity index (χ3n) is 4.39. The summed E-state index contributed by atoms with van der Waals surface area (Å²) in [4.78, 5) is 32.0. The number of hydrogen-bond donors (Lipinski definition) is 1. The summed E-state index contributed by atoms with van der Waals surface area (Å²) in [5.41, 5.74) is 2.35. The van der Waals surface area contributed by atoms with Crippen molar-refractivity contribution < 1.29 is 4.79 Å². The summed E-state index contributed by atoms with van der Waals surface area (Å²) < 4.78 is 0. The second kappa shape index (κ2) is 7.50. The van der Waals surface area contributed by atoms with Crippen LogP contribution < -0.4 is 5.56 Å². The Balaban J connectivity index is 1.69. The first kappa shape index (κ1) is 17.7. The van der Waals surface area contributed by atoms with Gasteiger partial charge in [0, 0.05) is 16.0 Å². The van der Waals surface area contributed by atoms with Crippen LogP contribution in [0.15, 0.2) is 64.1 Å². The van der Waals surface area contributed by atoms with Gasteiger partial charge in [0.2, 0.25) is 0 Å². The van der Waals surface area contributed by atoms with Crippen molar-refractivity contribution in [2.24, 2.45) is 0 Å². The number of nitrogens with one attached hydrogen (secondary N) is 1. The van der Waals surface area contributed by atoms with Gasteiger partial charge in [-0.25, -0.2) is 0 Å². The molecule has 0 spiro atoms. The van der Waals surface area contributed by atoms with Gasteiger partial charge in [-0.2, -0.15) is 0 Å². The van der Waals surface area contributed by atoms with Gasteiger partial charge in [0.25, 0.3) is 11.5 Å². The molecule has 4 aromatic rings. The molecule has 136 valence electrons. The molecule has 0 saturated heterocycles. The molecule has 0 atom stereocenters. The van der Waals surface area contributed by atoms with E-state index in [0.717, 1.165) is 21.3 Å². The third-order valence-corrected chi connectivity index (χ3v) is 6.10. The van der Waals surface area contributed by atoms with Crippen molar-refractivity contribution >= 4 is 39.5 Å². The van der Waals surface area contributed by atoms with Crippen molar-refractivity contribution in [2.75, 3.05) is 0 Å². The van der Waals surface area contributed by atoms with Crippen molar-refractivity contribution in [1.29, 1.82) is 0 Å². The molecule has 0 unspecified atom stereocenters. The SMILES string of the molecule is Cc1ccc2cc(CN(Cc3cccs3)C(=O)c3cccs3)c(=O)[nH]c2c1. The number of thiophene rings is 2. The van der Waals surface area contributed by atoms with E-state index in [1.807, 2.05) is 66.2 Å². The van der Waals surface area contributed by atoms with E-state index in [1.54, 1.807) is 16.2 Å². The number of nitrogens with zero attached hydrogens (tertiary/aromatic N) is 1. The second-order valence-electron chi connectivity index (χ2n) is 6.43. The topological polar surface area (TPSA) is 53.2 Å². The fourth-order valence-corrected chi connectivity index (χ4v) is 4.44. The van der Waals surface area contributed by atoms with Crippen molar-refractivity contribution in [3.8, 4) is 0 Å². The van der Waals surface area contributed by atoms with Gasteiger partial charge in [0.05, 0.1) is 18.0 Å². The van der Waals surface area contributed by atoms with Crippen LogP contribution in [0.25, 0.3) is 10.9 Å². The smallest absolute Gasteiger partial charge is 0.264 e. The molecule has 0 aliphatic rings. The summed E-state index contributed by atoms with van der Waals surface area (Å²) in [6, 6.07) is 15.5. The van der Waals surface area contributed by atoms with Crippen LogP contribution in [-0.2, 0) is 13.1 Å². The average molecular weight is 395 g/mol. The number of amides is 1. The minimum atomic E-state index is -0.150. The van der Waals surface area contributed by atoms with Crippen LogP contribution >= 0.6 is 22.7 Å². The Morgan fingerprint density at radius 1 is 1.04 bits per heavy atom. The van der Waals surface area contributed by atoms with Gasteiger partial charge in [-0.15, -0.1) is 22.7 Å². The van der Waals surface area contributed by atoms with Crippen LogP contribution in [0.5, 0.6) is 0 Å². The van der Waals surface area contributed by atoms with Crippen LogP contribution in [0.2, 0.25) is 0 Å². The van der Waals surface area contributed by atoms with Gasteiger partial charge >= 0.3 is 0 Å². The van der Waals surface area contributed by atoms with E-state index in [2.05, 4.69) is 4.98 Å². The lowest BCUT2D eigenvalue weighted by Gasteiger charge is -2.21. The van der Waals surface area contributed by atoms with Crippen molar-refractivity contribution in [3.05, 3.63) is 90.5 Å². The van der Waals surface area contributed by atoms with Gasteiger partial charge in [-0.3, -0.25) is 9.59 Å². The number of carbonyl (C=O) groups excluding carboxylic acids is 1. The van der Waals surface area contributed by atoms with Crippen LogP contribution in [0.3, 0.4) is 0 Å². The molecule has 0 bridgehead atoms. The van der Waals surface area contributed by atoms with Gasteiger partial charge in [0.15, 0.2) is 0 Å². The van der Waals surface area contributed by atoms with E-state index in [0.29, 0.717) is 17.0 Å². The van der Waals surface area contributed by atoms with Crippen molar-refractivity contribution in [2.45, 2.75) is 20.0 Å². The highest BCUT2D eigenvalue weighted by Crippen LogP contribution is 2.20. The zero-order valence-corrected chi connectivity index (χ0v) is 16.4. The number of aryl methyl sites for hydroxylation is 1. The first-order valence-corrected chi connectivity index (χ1v) is 10.3. The molecule has 4 nitrogen and oxygen atoms in total. The first-order chi connectivity index (χ1) is 13.1. The molecular weight excluding hydrogens is 376 g/mol. The molecule has 1 N–H and O–H groups in total. The van der Waals surface area contributed by atoms with Crippen molar-refractivity contribution in [3.63, 3.8) is 0 Å². The van der Waals surface area contributed by atoms with Gasteiger partial charge in [0.1, 0.15) is 0 Å². The third kappa shape index (κ3) is 3.86. The maximum atomic E-state index is 13.0. The standard InChI is InChI=1S/C21H18N2O2S2/c1-14-6-7-15-11-16(20(24)22-18(15)10-14)12-23(13-17-4-2-8-26-17)21(25)19-5-3-9-27-19/h2-11H,12-13H2,1H3,(H,22,24). The summed E-state index contributed by atoms with van der Waals surface area (Å²) >= 11 is 3.03. The van der Waals surface area contributed by atoms with Crippen LogP contribution in [0.4, 0.5) is 0 Å². The number of hydrogen-bond acceptors (Lipinski definition) is 4. The molecular formula is C21H18N2O2S2. The first-order valence-electron chi connectivity index (χ1n) is 8.58. The van der Waals surface area contributed by atoms with Crippen LogP contribution in [0.1, 0.15) is 25.7 Å². The molecule has 4 rings (SSSR count). The Morgan fingerprint density at radius 3 is 2.59 bits per heavy atom. The maximum Gasteiger partial charge on any atom is 0.264 e. The summed E-state index contributed by atoms with van der Waals surface area (Å²) in [5.74, 6) is -0.0539. The molecule has 27 heavy (non-hydrogen) atoms. The molecule has 0 radical (unpaired) electrons. The number of rotatable bonds is 5. The lowest BCUT2D eigenvalue weighted by molar-refractivity contribution is 0.0736. The van der Waals surface area contributed by atoms with E-state index >= 15 is 0 Å². The van der Waals surface area contributed by atoms with Gasteiger partial charge in [-0.05, 0) is 52.9 Å². The monoisotopic (exact) mass is 394 g/mol. The average Bonchev–Trinajstić information content (AvgIpc) is 3.35. The Labute approximate surface area is 164 Å². The summed E-state index contributed by atoms with van der Waals surface area (Å²) in [6.07, 6.45) is 0. The van der Waals surface area contributed by atoms with Crippen molar-refractivity contribution in [1.82, 2.24) is 9.88 Å². The molecule has 6 heteroatoms. The summed E-state index contributed by atoms with van der Waals surface area (Å²) in [7, 11) is 0. The zero-order chi connectivity index (χ0) is 18.8. The van der Waals surface area contributed by atoms with Gasteiger partial charge in [-0.1, -0.05) is 24.3 Å². The molecule has 0 saturated carbocycles. The number of H-pyrrole nitrogens is 1.